The van der Waals surface area contributed by atoms with Gasteiger partial charge in [0, 0.05) is 0 Å². The molecule has 0 aliphatic carbocycles. The monoisotopic (exact) mass is 606 g/mol. The van der Waals surface area contributed by atoms with Crippen molar-refractivity contribution in [2.45, 2.75) is 26.0 Å². The van der Waals surface area contributed by atoms with Crippen LogP contribution in [0.1, 0.15) is 36.1 Å². The number of halogens is 2. The number of thiazole rings is 1. The van der Waals surface area contributed by atoms with Gasteiger partial charge in [0.25, 0.3) is 5.56 Å². The lowest BCUT2D eigenvalue weighted by atomic mass is 9.95. The summed E-state index contributed by atoms with van der Waals surface area (Å²) in [5.41, 5.74) is 3.03. The standard InChI is InChI=1S/C30H24BrFN2O4S/c1-3-23-26(29(36)37-2)27(20-9-5-4-6-10-20)34-28(35)25(39-30(34)33-23)16-18-12-13-24(22(31)15-18)38-17-19-8-7-11-21(32)14-19/h4-16,27H,3,17H2,1-2H3/b25-16-/t27-/m0/s1. The predicted molar refractivity (Wildman–Crippen MR) is 152 cm³/mol. The fourth-order valence-corrected chi connectivity index (χ4v) is 6.01. The van der Waals surface area contributed by atoms with E-state index in [0.29, 0.717) is 37.2 Å². The maximum Gasteiger partial charge on any atom is 0.338 e. The second-order valence-electron chi connectivity index (χ2n) is 8.81. The molecular weight excluding hydrogens is 583 g/mol. The van der Waals surface area contributed by atoms with Crippen molar-refractivity contribution in [3.8, 4) is 5.75 Å². The van der Waals surface area contributed by atoms with Crippen LogP contribution in [0.3, 0.4) is 0 Å². The Hall–Kier alpha value is -3.82. The second kappa shape index (κ2) is 11.5. The Bertz CT molecular complexity index is 1760. The summed E-state index contributed by atoms with van der Waals surface area (Å²) < 4.78 is 27.2. The molecule has 0 fully saturated rings. The van der Waals surface area contributed by atoms with Crippen LogP contribution in [0.5, 0.6) is 5.75 Å². The van der Waals surface area contributed by atoms with E-state index in [0.717, 1.165) is 16.7 Å². The average molecular weight is 608 g/mol. The highest BCUT2D eigenvalue weighted by Crippen LogP contribution is 2.32. The fourth-order valence-electron chi connectivity index (χ4n) is 4.48. The van der Waals surface area contributed by atoms with E-state index in [1.54, 1.807) is 28.8 Å². The number of esters is 1. The Morgan fingerprint density at radius 3 is 2.62 bits per heavy atom. The third-order valence-electron chi connectivity index (χ3n) is 6.30. The summed E-state index contributed by atoms with van der Waals surface area (Å²) in [5, 5.41) is 0. The lowest BCUT2D eigenvalue weighted by Crippen LogP contribution is -2.40. The number of nitrogens with zero attached hydrogens (tertiary/aromatic N) is 2. The third-order valence-corrected chi connectivity index (χ3v) is 7.91. The predicted octanol–water partition coefficient (Wildman–Crippen LogP) is 5.28. The first-order chi connectivity index (χ1) is 18.9. The van der Waals surface area contributed by atoms with E-state index in [-0.39, 0.29) is 18.0 Å². The zero-order valence-corrected chi connectivity index (χ0v) is 23.6. The highest BCUT2D eigenvalue weighted by atomic mass is 79.9. The minimum absolute atomic E-state index is 0.218. The number of benzene rings is 3. The van der Waals surface area contributed by atoms with Gasteiger partial charge in [-0.2, -0.15) is 0 Å². The van der Waals surface area contributed by atoms with E-state index < -0.39 is 12.0 Å². The summed E-state index contributed by atoms with van der Waals surface area (Å²) in [4.78, 5) is 31.8. The maximum absolute atomic E-state index is 13.7. The molecule has 1 aromatic heterocycles. The molecule has 5 rings (SSSR count). The molecule has 0 unspecified atom stereocenters. The average Bonchev–Trinajstić information content (AvgIpc) is 3.25. The Labute approximate surface area is 236 Å². The number of fused-ring (bicyclic) bond motifs is 1. The van der Waals surface area contributed by atoms with Crippen LogP contribution in [0.2, 0.25) is 0 Å². The van der Waals surface area contributed by atoms with Crippen molar-refractivity contribution in [3.63, 3.8) is 0 Å². The summed E-state index contributed by atoms with van der Waals surface area (Å²) in [6, 6.07) is 20.5. The first-order valence-corrected chi connectivity index (χ1v) is 13.9. The molecule has 0 bridgehead atoms. The number of aromatic nitrogens is 1. The summed E-state index contributed by atoms with van der Waals surface area (Å²) in [6.07, 6.45) is 2.31. The van der Waals surface area contributed by atoms with Gasteiger partial charge >= 0.3 is 5.97 Å². The molecular formula is C30H24BrFN2O4S. The quantitative estimate of drug-likeness (QED) is 0.268. The van der Waals surface area contributed by atoms with Crippen LogP contribution in [0.4, 0.5) is 4.39 Å². The second-order valence-corrected chi connectivity index (χ2v) is 10.7. The van der Waals surface area contributed by atoms with Crippen molar-refractivity contribution in [1.29, 1.82) is 0 Å². The van der Waals surface area contributed by atoms with Crippen LogP contribution < -0.4 is 19.6 Å². The number of rotatable bonds is 7. The minimum Gasteiger partial charge on any atom is -0.488 e. The fraction of sp³-hybridized carbons (Fsp3) is 0.167. The summed E-state index contributed by atoms with van der Waals surface area (Å²) >= 11 is 4.81. The molecule has 1 atom stereocenters. The number of methoxy groups -OCH3 is 1. The van der Waals surface area contributed by atoms with E-state index >= 15 is 0 Å². The molecule has 0 radical (unpaired) electrons. The Balaban J connectivity index is 1.53. The lowest BCUT2D eigenvalue weighted by molar-refractivity contribution is -0.136. The maximum atomic E-state index is 13.7. The van der Waals surface area contributed by atoms with Crippen LogP contribution in [-0.2, 0) is 16.1 Å². The molecule has 0 spiro atoms. The molecule has 0 saturated carbocycles. The van der Waals surface area contributed by atoms with Crippen LogP contribution in [0.15, 0.2) is 98.3 Å². The Morgan fingerprint density at radius 2 is 1.92 bits per heavy atom. The Kier molecular flexibility index (Phi) is 7.90. The van der Waals surface area contributed by atoms with Gasteiger partial charge in [-0.3, -0.25) is 9.36 Å². The summed E-state index contributed by atoms with van der Waals surface area (Å²) in [6.45, 7) is 2.14. The number of hydrogen-bond donors (Lipinski definition) is 0. The molecule has 3 aromatic carbocycles. The van der Waals surface area contributed by atoms with Crippen LogP contribution >= 0.6 is 27.3 Å². The van der Waals surface area contributed by atoms with Crippen molar-refractivity contribution in [2.24, 2.45) is 4.99 Å². The van der Waals surface area contributed by atoms with Gasteiger partial charge in [-0.15, -0.1) is 0 Å². The zero-order chi connectivity index (χ0) is 27.5. The first kappa shape index (κ1) is 26.8. The zero-order valence-electron chi connectivity index (χ0n) is 21.2. The number of ether oxygens (including phenoxy) is 2. The topological polar surface area (TPSA) is 69.9 Å². The van der Waals surface area contributed by atoms with E-state index in [2.05, 4.69) is 20.9 Å². The number of allylic oxidation sites excluding steroid dienone is 1. The van der Waals surface area contributed by atoms with E-state index in [1.807, 2.05) is 49.4 Å². The molecule has 0 saturated heterocycles. The van der Waals surface area contributed by atoms with E-state index in [4.69, 9.17) is 9.47 Å². The van der Waals surface area contributed by atoms with Gasteiger partial charge in [0.05, 0.1) is 33.4 Å². The molecule has 1 aliphatic heterocycles. The largest absolute Gasteiger partial charge is 0.488 e. The van der Waals surface area contributed by atoms with Gasteiger partial charge in [0.2, 0.25) is 0 Å². The van der Waals surface area contributed by atoms with Crippen molar-refractivity contribution in [2.75, 3.05) is 7.11 Å². The molecule has 0 N–H and O–H groups in total. The van der Waals surface area contributed by atoms with Crippen molar-refractivity contribution >= 4 is 39.3 Å². The van der Waals surface area contributed by atoms with E-state index in [1.165, 1.54) is 30.6 Å². The van der Waals surface area contributed by atoms with E-state index in [9.17, 15) is 14.0 Å². The van der Waals surface area contributed by atoms with Gasteiger partial charge in [0.1, 0.15) is 18.2 Å². The van der Waals surface area contributed by atoms with Gasteiger partial charge in [0.15, 0.2) is 4.80 Å². The number of carbonyl (C=O) groups is 1. The lowest BCUT2D eigenvalue weighted by Gasteiger charge is -2.25. The molecule has 39 heavy (non-hydrogen) atoms. The molecule has 2 heterocycles. The molecule has 0 amide bonds. The van der Waals surface area contributed by atoms with Crippen molar-refractivity contribution in [1.82, 2.24) is 4.57 Å². The van der Waals surface area contributed by atoms with Crippen LogP contribution in [0.25, 0.3) is 6.08 Å². The summed E-state index contributed by atoms with van der Waals surface area (Å²) in [5.74, 6) is -0.222. The third kappa shape index (κ3) is 5.51. The number of hydrogen-bond acceptors (Lipinski definition) is 6. The van der Waals surface area contributed by atoms with Gasteiger partial charge in [-0.05, 0) is 69.4 Å². The number of carbonyl (C=O) groups excluding carboxylic acids is 1. The minimum atomic E-state index is -0.641. The Morgan fingerprint density at radius 1 is 1.13 bits per heavy atom. The summed E-state index contributed by atoms with van der Waals surface area (Å²) in [7, 11) is 1.33. The molecule has 9 heteroatoms. The van der Waals surface area contributed by atoms with Crippen molar-refractivity contribution in [3.05, 3.63) is 131 Å². The SMILES string of the molecule is CCC1=C(C(=O)OC)[C@H](c2ccccc2)n2c(s/c(=C\c3ccc(OCc4cccc(F)c4)c(Br)c3)c2=O)=N1. The normalized spacial score (nSPS) is 15.1. The van der Waals surface area contributed by atoms with Crippen LogP contribution in [-0.4, -0.2) is 17.6 Å². The molecule has 6 nitrogen and oxygen atoms in total. The van der Waals surface area contributed by atoms with Crippen LogP contribution in [0, 0.1) is 5.82 Å². The smallest absolute Gasteiger partial charge is 0.338 e. The van der Waals surface area contributed by atoms with Gasteiger partial charge in [-0.25, -0.2) is 14.2 Å². The molecule has 198 valence electrons. The van der Waals surface area contributed by atoms with Crippen molar-refractivity contribution < 1.29 is 18.7 Å². The highest BCUT2D eigenvalue weighted by Gasteiger charge is 2.33. The molecule has 4 aromatic rings. The van der Waals surface area contributed by atoms with Gasteiger partial charge < -0.3 is 9.47 Å². The molecule has 1 aliphatic rings. The van der Waals surface area contributed by atoms with Gasteiger partial charge in [-0.1, -0.05) is 66.8 Å². The highest BCUT2D eigenvalue weighted by molar-refractivity contribution is 9.10. The first-order valence-electron chi connectivity index (χ1n) is 12.2.